The van der Waals surface area contributed by atoms with Crippen LogP contribution < -0.4 is 5.32 Å². The van der Waals surface area contributed by atoms with Crippen molar-refractivity contribution in [3.63, 3.8) is 0 Å². The highest BCUT2D eigenvalue weighted by Gasteiger charge is 2.29. The SMILES string of the molecule is O=C(Nc1ccc(CCN2CCSCC2)cc1)C1CCCN(C(=O)c2cccc3ccccc23)C1. The first kappa shape index (κ1) is 23.9. The molecule has 1 N–H and O–H groups in total. The molecule has 6 heteroatoms. The van der Waals surface area contributed by atoms with Crippen LogP contribution in [0.25, 0.3) is 10.8 Å². The summed E-state index contributed by atoms with van der Waals surface area (Å²) in [6.45, 7) is 4.60. The van der Waals surface area contributed by atoms with E-state index in [4.69, 9.17) is 0 Å². The Morgan fingerprint density at radius 3 is 2.51 bits per heavy atom. The molecule has 2 aliphatic rings. The molecule has 2 amide bonds. The van der Waals surface area contributed by atoms with Crippen molar-refractivity contribution < 1.29 is 9.59 Å². The van der Waals surface area contributed by atoms with Crippen LogP contribution in [0.4, 0.5) is 5.69 Å². The van der Waals surface area contributed by atoms with Crippen LogP contribution in [0, 0.1) is 5.92 Å². The van der Waals surface area contributed by atoms with Gasteiger partial charge >= 0.3 is 0 Å². The Bertz CT molecular complexity index is 1170. The number of anilines is 1. The van der Waals surface area contributed by atoms with E-state index in [1.807, 2.05) is 71.3 Å². The number of nitrogens with zero attached hydrogens (tertiary/aromatic N) is 2. The van der Waals surface area contributed by atoms with E-state index in [1.165, 1.54) is 30.2 Å². The smallest absolute Gasteiger partial charge is 0.254 e. The lowest BCUT2D eigenvalue weighted by atomic mass is 9.95. The number of likely N-dealkylation sites (tertiary alicyclic amines) is 1. The molecular weight excluding hydrogens is 454 g/mol. The van der Waals surface area contributed by atoms with Gasteiger partial charge in [0.05, 0.1) is 5.92 Å². The number of thioether (sulfide) groups is 1. The van der Waals surface area contributed by atoms with Gasteiger partial charge in [0.25, 0.3) is 5.91 Å². The van der Waals surface area contributed by atoms with Gasteiger partial charge in [0.15, 0.2) is 0 Å². The number of amides is 2. The van der Waals surface area contributed by atoms with E-state index in [0.717, 1.165) is 42.3 Å². The summed E-state index contributed by atoms with van der Waals surface area (Å²) in [5.41, 5.74) is 2.83. The van der Waals surface area contributed by atoms with Crippen LogP contribution in [0.3, 0.4) is 0 Å². The van der Waals surface area contributed by atoms with Gasteiger partial charge in [-0.2, -0.15) is 11.8 Å². The molecule has 2 aliphatic heterocycles. The van der Waals surface area contributed by atoms with Gasteiger partial charge in [0.2, 0.25) is 5.91 Å². The minimum atomic E-state index is -0.195. The van der Waals surface area contributed by atoms with Gasteiger partial charge < -0.3 is 15.1 Å². The van der Waals surface area contributed by atoms with Gasteiger partial charge in [-0.3, -0.25) is 9.59 Å². The number of fused-ring (bicyclic) bond motifs is 1. The zero-order valence-electron chi connectivity index (χ0n) is 20.1. The molecule has 2 fully saturated rings. The molecule has 0 aliphatic carbocycles. The van der Waals surface area contributed by atoms with Gasteiger partial charge in [-0.1, -0.05) is 48.5 Å². The largest absolute Gasteiger partial charge is 0.338 e. The minimum absolute atomic E-state index is 0.000938. The maximum Gasteiger partial charge on any atom is 0.254 e. The molecule has 182 valence electrons. The summed E-state index contributed by atoms with van der Waals surface area (Å²) in [4.78, 5) is 30.8. The second-order valence-electron chi connectivity index (χ2n) is 9.51. The summed E-state index contributed by atoms with van der Waals surface area (Å²) in [7, 11) is 0. The van der Waals surface area contributed by atoms with Crippen molar-refractivity contribution >= 4 is 40.0 Å². The summed E-state index contributed by atoms with van der Waals surface area (Å²) in [5.74, 6) is 2.28. The molecule has 35 heavy (non-hydrogen) atoms. The van der Waals surface area contributed by atoms with Crippen molar-refractivity contribution in [1.82, 2.24) is 9.80 Å². The number of hydrogen-bond acceptors (Lipinski definition) is 4. The molecule has 0 aromatic heterocycles. The second-order valence-corrected chi connectivity index (χ2v) is 10.7. The average molecular weight is 488 g/mol. The van der Waals surface area contributed by atoms with E-state index >= 15 is 0 Å². The van der Waals surface area contributed by atoms with Crippen molar-refractivity contribution in [2.24, 2.45) is 5.92 Å². The summed E-state index contributed by atoms with van der Waals surface area (Å²) in [6.07, 6.45) is 2.67. The van der Waals surface area contributed by atoms with E-state index in [2.05, 4.69) is 22.3 Å². The van der Waals surface area contributed by atoms with E-state index in [-0.39, 0.29) is 17.7 Å². The molecule has 0 bridgehead atoms. The van der Waals surface area contributed by atoms with Crippen LogP contribution in [0.2, 0.25) is 0 Å². The standard InChI is InChI=1S/C29H33N3O2S/c33-28(30-25-12-10-22(11-13-25)14-16-31-17-19-35-20-18-31)24-7-4-15-32(21-24)29(34)27-9-3-6-23-5-1-2-8-26(23)27/h1-3,5-6,8-13,24H,4,7,14-21H2,(H,30,33). The molecule has 3 aromatic rings. The molecule has 1 atom stereocenters. The lowest BCUT2D eigenvalue weighted by molar-refractivity contribution is -0.121. The van der Waals surface area contributed by atoms with E-state index < -0.39 is 0 Å². The van der Waals surface area contributed by atoms with Crippen molar-refractivity contribution in [3.05, 3.63) is 77.9 Å². The Balaban J connectivity index is 1.17. The molecule has 5 nitrogen and oxygen atoms in total. The van der Waals surface area contributed by atoms with E-state index in [0.29, 0.717) is 18.7 Å². The monoisotopic (exact) mass is 487 g/mol. The van der Waals surface area contributed by atoms with Crippen molar-refractivity contribution in [1.29, 1.82) is 0 Å². The van der Waals surface area contributed by atoms with Gasteiger partial charge in [-0.05, 0) is 53.8 Å². The molecule has 1 unspecified atom stereocenters. The minimum Gasteiger partial charge on any atom is -0.338 e. The molecule has 0 spiro atoms. The Kier molecular flexibility index (Phi) is 7.69. The zero-order valence-corrected chi connectivity index (χ0v) is 20.9. The van der Waals surface area contributed by atoms with Crippen LogP contribution in [0.5, 0.6) is 0 Å². The fourth-order valence-corrected chi connectivity index (χ4v) is 6.05. The highest BCUT2D eigenvalue weighted by atomic mass is 32.2. The Morgan fingerprint density at radius 1 is 0.914 bits per heavy atom. The van der Waals surface area contributed by atoms with Gasteiger partial charge in [0.1, 0.15) is 0 Å². The van der Waals surface area contributed by atoms with Gasteiger partial charge in [-0.15, -0.1) is 0 Å². The molecule has 0 saturated carbocycles. The summed E-state index contributed by atoms with van der Waals surface area (Å²) in [5, 5.41) is 5.11. The fraction of sp³-hybridized carbons (Fsp3) is 0.379. The van der Waals surface area contributed by atoms with Crippen LogP contribution >= 0.6 is 11.8 Å². The normalized spacial score (nSPS) is 19.0. The number of piperidine rings is 1. The number of carbonyl (C=O) groups is 2. The predicted molar refractivity (Wildman–Crippen MR) is 145 cm³/mol. The van der Waals surface area contributed by atoms with Crippen LogP contribution in [0.1, 0.15) is 28.8 Å². The third-order valence-corrected chi connectivity index (χ3v) is 8.08. The zero-order chi connectivity index (χ0) is 24.0. The summed E-state index contributed by atoms with van der Waals surface area (Å²) in [6, 6.07) is 22.0. The number of carbonyl (C=O) groups excluding carboxylic acids is 2. The third kappa shape index (κ3) is 5.88. The highest BCUT2D eigenvalue weighted by Crippen LogP contribution is 2.24. The molecule has 5 rings (SSSR count). The Labute approximate surface area is 211 Å². The van der Waals surface area contributed by atoms with Gasteiger partial charge in [-0.25, -0.2) is 0 Å². The van der Waals surface area contributed by atoms with Crippen LogP contribution in [0.15, 0.2) is 66.7 Å². The number of benzene rings is 3. The highest BCUT2D eigenvalue weighted by molar-refractivity contribution is 7.99. The van der Waals surface area contributed by atoms with Crippen LogP contribution in [-0.4, -0.2) is 65.8 Å². The van der Waals surface area contributed by atoms with Crippen molar-refractivity contribution in [3.8, 4) is 0 Å². The lowest BCUT2D eigenvalue weighted by Gasteiger charge is -2.32. The maximum atomic E-state index is 13.3. The molecule has 2 saturated heterocycles. The topological polar surface area (TPSA) is 52.7 Å². The Morgan fingerprint density at radius 2 is 1.69 bits per heavy atom. The van der Waals surface area contributed by atoms with Crippen LogP contribution in [-0.2, 0) is 11.2 Å². The fourth-order valence-electron chi connectivity index (χ4n) is 5.07. The first-order valence-corrected chi connectivity index (χ1v) is 13.8. The van der Waals surface area contributed by atoms with Crippen molar-refractivity contribution in [2.45, 2.75) is 19.3 Å². The lowest BCUT2D eigenvalue weighted by Crippen LogP contribution is -2.43. The number of rotatable bonds is 6. The first-order valence-electron chi connectivity index (χ1n) is 12.6. The third-order valence-electron chi connectivity index (χ3n) is 7.14. The number of hydrogen-bond donors (Lipinski definition) is 1. The number of nitrogens with one attached hydrogen (secondary N) is 1. The second kappa shape index (κ2) is 11.3. The average Bonchev–Trinajstić information content (AvgIpc) is 2.92. The maximum absolute atomic E-state index is 13.3. The Hall–Kier alpha value is -2.83. The quantitative estimate of drug-likeness (QED) is 0.536. The molecule has 0 radical (unpaired) electrons. The van der Waals surface area contributed by atoms with Crippen molar-refractivity contribution in [2.75, 3.05) is 49.5 Å². The van der Waals surface area contributed by atoms with E-state index in [1.54, 1.807) is 0 Å². The molecule has 3 aromatic carbocycles. The van der Waals surface area contributed by atoms with E-state index in [9.17, 15) is 9.59 Å². The predicted octanol–water partition coefficient (Wildman–Crippen LogP) is 4.92. The molecular formula is C29H33N3O2S. The van der Waals surface area contributed by atoms with Gasteiger partial charge in [0, 0.05) is 55.5 Å². The summed E-state index contributed by atoms with van der Waals surface area (Å²) >= 11 is 2.04. The first-order chi connectivity index (χ1) is 17.2. The summed E-state index contributed by atoms with van der Waals surface area (Å²) < 4.78 is 0. The molecule has 2 heterocycles.